The molecule has 6 nitrogen and oxygen atoms in total. The maximum absolute atomic E-state index is 13.4. The Bertz CT molecular complexity index is 1470. The molecule has 3 aromatic carbocycles. The van der Waals surface area contributed by atoms with Crippen LogP contribution in [0, 0.1) is 0 Å². The molecule has 0 bridgehead atoms. The molecule has 0 saturated heterocycles. The molecule has 4 aromatic rings. The van der Waals surface area contributed by atoms with Crippen molar-refractivity contribution in [3.8, 4) is 11.5 Å². The Morgan fingerprint density at radius 3 is 2.47 bits per heavy atom. The first-order valence-corrected chi connectivity index (χ1v) is 13.8. The van der Waals surface area contributed by atoms with E-state index in [1.807, 2.05) is 48.5 Å². The lowest BCUT2D eigenvalue weighted by molar-refractivity contribution is 0.284. The van der Waals surface area contributed by atoms with Crippen LogP contribution in [0.1, 0.15) is 36.7 Å². The molecule has 0 aliphatic rings. The molecule has 1 heterocycles. The Balaban J connectivity index is 1.77. The summed E-state index contributed by atoms with van der Waals surface area (Å²) in [6, 6.07) is 17.1. The Morgan fingerprint density at radius 1 is 1.00 bits per heavy atom. The number of rotatable bonds is 9. The van der Waals surface area contributed by atoms with Crippen LogP contribution in [0.15, 0.2) is 77.9 Å². The summed E-state index contributed by atoms with van der Waals surface area (Å²) in [4.78, 5) is 18.2. The second-order valence-electron chi connectivity index (χ2n) is 8.10. The van der Waals surface area contributed by atoms with E-state index < -0.39 is 0 Å². The van der Waals surface area contributed by atoms with E-state index in [0.29, 0.717) is 46.8 Å². The van der Waals surface area contributed by atoms with Gasteiger partial charge in [0.15, 0.2) is 11.5 Å². The van der Waals surface area contributed by atoms with Crippen molar-refractivity contribution in [3.05, 3.63) is 95.3 Å². The van der Waals surface area contributed by atoms with Crippen molar-refractivity contribution < 1.29 is 9.47 Å². The highest BCUT2D eigenvalue weighted by Gasteiger charge is 2.14. The van der Waals surface area contributed by atoms with Crippen molar-refractivity contribution in [1.29, 1.82) is 0 Å². The summed E-state index contributed by atoms with van der Waals surface area (Å²) in [6.07, 6.45) is 4.14. The summed E-state index contributed by atoms with van der Waals surface area (Å²) >= 11 is 10.4. The first-order valence-electron chi connectivity index (χ1n) is 11.4. The van der Waals surface area contributed by atoms with Gasteiger partial charge in [0.2, 0.25) is 0 Å². The fraction of sp³-hybridized carbons (Fsp3) is 0.222. The summed E-state index contributed by atoms with van der Waals surface area (Å²) in [5.41, 5.74) is 2.11. The third-order valence-corrected chi connectivity index (χ3v) is 6.99. The van der Waals surface area contributed by atoms with Gasteiger partial charge < -0.3 is 9.47 Å². The molecule has 4 rings (SSSR count). The molecule has 0 unspecified atom stereocenters. The molecule has 0 saturated carbocycles. The highest BCUT2D eigenvalue weighted by atomic mass is 79.9. The van der Waals surface area contributed by atoms with Crippen LogP contribution in [0.2, 0.25) is 0 Å². The van der Waals surface area contributed by atoms with Gasteiger partial charge in [-0.25, -0.2) is 4.98 Å². The predicted octanol–water partition coefficient (Wildman–Crippen LogP) is 7.50. The van der Waals surface area contributed by atoms with Crippen molar-refractivity contribution in [1.82, 2.24) is 9.66 Å². The number of hydrogen-bond donors (Lipinski definition) is 0. The molecular weight excluding hydrogens is 654 g/mol. The normalized spacial score (nSPS) is 11.4. The Labute approximate surface area is 234 Å². The molecule has 0 atom stereocenters. The van der Waals surface area contributed by atoms with E-state index in [0.717, 1.165) is 31.8 Å². The minimum atomic E-state index is -0.219. The molecule has 0 N–H and O–H groups in total. The second kappa shape index (κ2) is 12.2. The number of hydrogen-bond acceptors (Lipinski definition) is 5. The molecule has 0 aliphatic heterocycles. The maximum Gasteiger partial charge on any atom is 0.282 e. The molecule has 1 aromatic heterocycles. The summed E-state index contributed by atoms with van der Waals surface area (Å²) < 4.78 is 15.8. The number of benzene rings is 3. The average Bonchev–Trinajstić information content (AvgIpc) is 2.87. The number of nitrogens with zero attached hydrogens (tertiary/aromatic N) is 3. The summed E-state index contributed by atoms with van der Waals surface area (Å²) in [5, 5.41) is 5.09. The fourth-order valence-corrected chi connectivity index (χ4v) is 4.74. The summed E-state index contributed by atoms with van der Waals surface area (Å²) in [6.45, 7) is 2.45. The molecule has 0 amide bonds. The van der Waals surface area contributed by atoms with Crippen LogP contribution in [-0.2, 0) is 13.0 Å². The van der Waals surface area contributed by atoms with Crippen molar-refractivity contribution >= 4 is 64.9 Å². The maximum atomic E-state index is 13.4. The van der Waals surface area contributed by atoms with E-state index in [9.17, 15) is 4.79 Å². The number of ether oxygens (including phenoxy) is 2. The highest BCUT2D eigenvalue weighted by molar-refractivity contribution is 9.11. The molecular formula is C27H24Br3N3O3. The van der Waals surface area contributed by atoms with Crippen molar-refractivity contribution in [2.45, 2.75) is 32.8 Å². The van der Waals surface area contributed by atoms with Crippen molar-refractivity contribution in [2.24, 2.45) is 5.10 Å². The number of aromatic nitrogens is 2. The predicted molar refractivity (Wildman–Crippen MR) is 154 cm³/mol. The third-order valence-electron chi connectivity index (χ3n) is 5.51. The Morgan fingerprint density at radius 2 is 1.75 bits per heavy atom. The molecule has 186 valence electrons. The van der Waals surface area contributed by atoms with E-state index in [4.69, 9.17) is 14.5 Å². The topological polar surface area (TPSA) is 65.7 Å². The van der Waals surface area contributed by atoms with Gasteiger partial charge in [0.05, 0.1) is 24.2 Å². The Kier molecular flexibility index (Phi) is 8.98. The van der Waals surface area contributed by atoms with Crippen molar-refractivity contribution in [2.75, 3.05) is 7.11 Å². The van der Waals surface area contributed by atoms with Gasteiger partial charge in [0.25, 0.3) is 5.56 Å². The van der Waals surface area contributed by atoms with Crippen LogP contribution >= 0.6 is 47.8 Å². The number of methoxy groups -OCH3 is 1. The average molecular weight is 678 g/mol. The van der Waals surface area contributed by atoms with E-state index in [1.165, 1.54) is 4.68 Å². The standard InChI is InChI=1S/C27H24Br3N3O3/c1-3-4-5-25-32-23-11-10-20(29)13-22(23)27(34)33(25)31-15-18-12-21(30)14-24(35-2)26(18)36-16-17-6-8-19(28)9-7-17/h6-15H,3-5,16H2,1-2H3. The smallest absolute Gasteiger partial charge is 0.282 e. The number of halogens is 3. The van der Waals surface area contributed by atoms with Crippen molar-refractivity contribution in [3.63, 3.8) is 0 Å². The lowest BCUT2D eigenvalue weighted by atomic mass is 10.2. The van der Waals surface area contributed by atoms with Crippen LogP contribution in [-0.4, -0.2) is 23.0 Å². The van der Waals surface area contributed by atoms with Gasteiger partial charge in [0, 0.05) is 25.4 Å². The number of fused-ring (bicyclic) bond motifs is 1. The highest BCUT2D eigenvalue weighted by Crippen LogP contribution is 2.35. The summed E-state index contributed by atoms with van der Waals surface area (Å²) in [7, 11) is 1.59. The van der Waals surface area contributed by atoms with Gasteiger partial charge in [-0.2, -0.15) is 9.78 Å². The second-order valence-corrected chi connectivity index (χ2v) is 10.8. The quantitative estimate of drug-likeness (QED) is 0.172. The molecule has 0 aliphatic carbocycles. The molecule has 0 radical (unpaired) electrons. The van der Waals surface area contributed by atoms with Gasteiger partial charge in [-0.3, -0.25) is 4.79 Å². The fourth-order valence-electron chi connectivity index (χ4n) is 3.66. The lowest BCUT2D eigenvalue weighted by Gasteiger charge is -2.14. The largest absolute Gasteiger partial charge is 0.493 e. The van der Waals surface area contributed by atoms with Crippen LogP contribution in [0.4, 0.5) is 0 Å². The molecule has 0 spiro atoms. The van der Waals surface area contributed by atoms with Crippen LogP contribution < -0.4 is 15.0 Å². The minimum absolute atomic E-state index is 0.219. The van der Waals surface area contributed by atoms with E-state index in [2.05, 4.69) is 59.8 Å². The monoisotopic (exact) mass is 675 g/mol. The Hall–Kier alpha value is -2.49. The van der Waals surface area contributed by atoms with Crippen LogP contribution in [0.5, 0.6) is 11.5 Å². The SMILES string of the molecule is CCCCc1nc2ccc(Br)cc2c(=O)n1N=Cc1cc(Br)cc(OC)c1OCc1ccc(Br)cc1. The zero-order chi connectivity index (χ0) is 25.7. The first kappa shape index (κ1) is 26.6. The first-order chi connectivity index (χ1) is 17.4. The minimum Gasteiger partial charge on any atom is -0.493 e. The molecule has 9 heteroatoms. The number of aryl methyl sites for hydroxylation is 1. The van der Waals surface area contributed by atoms with Gasteiger partial charge in [-0.05, 0) is 54.4 Å². The van der Waals surface area contributed by atoms with E-state index in [1.54, 1.807) is 19.4 Å². The van der Waals surface area contributed by atoms with Crippen LogP contribution in [0.25, 0.3) is 10.9 Å². The molecule has 0 fully saturated rings. The lowest BCUT2D eigenvalue weighted by Crippen LogP contribution is -2.22. The van der Waals surface area contributed by atoms with Crippen LogP contribution in [0.3, 0.4) is 0 Å². The van der Waals surface area contributed by atoms with Gasteiger partial charge >= 0.3 is 0 Å². The molecule has 36 heavy (non-hydrogen) atoms. The number of unbranched alkanes of at least 4 members (excludes halogenated alkanes) is 1. The zero-order valence-electron chi connectivity index (χ0n) is 19.8. The van der Waals surface area contributed by atoms with Gasteiger partial charge in [0.1, 0.15) is 12.4 Å². The third kappa shape index (κ3) is 6.25. The summed E-state index contributed by atoms with van der Waals surface area (Å²) in [5.74, 6) is 1.71. The van der Waals surface area contributed by atoms with Gasteiger partial charge in [-0.1, -0.05) is 73.3 Å². The van der Waals surface area contributed by atoms with E-state index >= 15 is 0 Å². The van der Waals surface area contributed by atoms with E-state index in [-0.39, 0.29) is 5.56 Å². The van der Waals surface area contributed by atoms with Gasteiger partial charge in [-0.15, -0.1) is 0 Å². The zero-order valence-corrected chi connectivity index (χ0v) is 24.6.